The molecule has 0 saturated heterocycles. The van der Waals surface area contributed by atoms with Crippen LogP contribution in [0.25, 0.3) is 0 Å². The van der Waals surface area contributed by atoms with E-state index in [0.29, 0.717) is 16.0 Å². The highest BCUT2D eigenvalue weighted by atomic mass is 79.9. The van der Waals surface area contributed by atoms with Crippen LogP contribution in [0.1, 0.15) is 17.5 Å². The number of hydrogen-bond donors (Lipinski definition) is 1. The fraction of sp³-hybridized carbons (Fsp3) is 0.250. The number of aliphatic hydroxyl groups is 1. The summed E-state index contributed by atoms with van der Waals surface area (Å²) in [6.45, 7) is 1.68. The molecule has 0 bridgehead atoms. The number of rotatable bonds is 3. The molecule has 1 atom stereocenters. The third kappa shape index (κ3) is 3.12. The Morgan fingerprint density at radius 2 is 2.29 bits per heavy atom. The molecule has 2 rings (SSSR count). The number of nitrogens with zero attached hydrogens (tertiary/aromatic N) is 1. The monoisotopic (exact) mass is 315 g/mol. The van der Waals surface area contributed by atoms with E-state index in [1.165, 1.54) is 23.5 Å². The molecule has 0 spiro atoms. The minimum atomic E-state index is -1.08. The molecule has 2 aromatic rings. The first-order valence-corrected chi connectivity index (χ1v) is 6.73. The highest BCUT2D eigenvalue weighted by Crippen LogP contribution is 2.29. The van der Waals surface area contributed by atoms with E-state index >= 15 is 0 Å². The van der Waals surface area contributed by atoms with Gasteiger partial charge in [0.25, 0.3) is 0 Å². The summed E-state index contributed by atoms with van der Waals surface area (Å²) in [5, 5.41) is 12.8. The fourth-order valence-corrected chi connectivity index (χ4v) is 2.94. The quantitative estimate of drug-likeness (QED) is 0.940. The Hall–Kier alpha value is -0.780. The van der Waals surface area contributed by atoms with Gasteiger partial charge < -0.3 is 5.11 Å². The third-order valence-corrected chi connectivity index (χ3v) is 4.18. The number of aromatic nitrogens is 1. The van der Waals surface area contributed by atoms with Gasteiger partial charge in [-0.25, -0.2) is 9.37 Å². The molecule has 0 aliphatic rings. The van der Waals surface area contributed by atoms with Crippen molar-refractivity contribution in [1.29, 1.82) is 0 Å². The summed E-state index contributed by atoms with van der Waals surface area (Å²) in [7, 11) is 0. The molecule has 2 nitrogen and oxygen atoms in total. The van der Waals surface area contributed by atoms with Crippen LogP contribution in [0, 0.1) is 5.82 Å². The first-order chi connectivity index (χ1) is 7.97. The van der Waals surface area contributed by atoms with Crippen molar-refractivity contribution in [3.8, 4) is 0 Å². The average Bonchev–Trinajstić information content (AvgIpc) is 2.65. The standard InChI is InChI=1S/C12H11BrFNOS/c1-12(16,11-15-10(13)7-17-11)6-8-3-2-4-9(14)5-8/h2-5,7,16H,6H2,1H3. The van der Waals surface area contributed by atoms with Crippen LogP contribution < -0.4 is 0 Å². The number of hydrogen-bond acceptors (Lipinski definition) is 3. The van der Waals surface area contributed by atoms with Crippen molar-refractivity contribution in [3.05, 3.63) is 50.6 Å². The van der Waals surface area contributed by atoms with E-state index in [1.807, 2.05) is 5.38 Å². The first kappa shape index (κ1) is 12.7. The highest BCUT2D eigenvalue weighted by molar-refractivity contribution is 9.10. The summed E-state index contributed by atoms with van der Waals surface area (Å²) >= 11 is 4.63. The molecular formula is C12H11BrFNOS. The van der Waals surface area contributed by atoms with Crippen LogP contribution in [0.15, 0.2) is 34.2 Å². The van der Waals surface area contributed by atoms with E-state index in [2.05, 4.69) is 20.9 Å². The van der Waals surface area contributed by atoms with Gasteiger partial charge in [0.15, 0.2) is 0 Å². The van der Waals surface area contributed by atoms with Gasteiger partial charge in [-0.1, -0.05) is 12.1 Å². The van der Waals surface area contributed by atoms with Crippen molar-refractivity contribution >= 4 is 27.3 Å². The second-order valence-electron chi connectivity index (χ2n) is 4.06. The topological polar surface area (TPSA) is 33.1 Å². The highest BCUT2D eigenvalue weighted by Gasteiger charge is 2.27. The van der Waals surface area contributed by atoms with Crippen LogP contribution in [0.4, 0.5) is 4.39 Å². The van der Waals surface area contributed by atoms with Gasteiger partial charge in [0, 0.05) is 11.8 Å². The molecule has 0 amide bonds. The van der Waals surface area contributed by atoms with Crippen LogP contribution in [0.5, 0.6) is 0 Å². The van der Waals surface area contributed by atoms with Gasteiger partial charge in [0.2, 0.25) is 0 Å². The maximum atomic E-state index is 13.0. The SMILES string of the molecule is CC(O)(Cc1cccc(F)c1)c1nc(Br)cs1. The van der Waals surface area contributed by atoms with Crippen molar-refractivity contribution in [3.63, 3.8) is 0 Å². The molecule has 5 heteroatoms. The van der Waals surface area contributed by atoms with E-state index < -0.39 is 5.60 Å². The fourth-order valence-electron chi connectivity index (χ4n) is 1.62. The van der Waals surface area contributed by atoms with Crippen molar-refractivity contribution in [2.45, 2.75) is 18.9 Å². The molecule has 90 valence electrons. The third-order valence-electron chi connectivity index (χ3n) is 2.37. The van der Waals surface area contributed by atoms with Crippen molar-refractivity contribution in [2.75, 3.05) is 0 Å². The van der Waals surface area contributed by atoms with E-state index in [1.54, 1.807) is 19.1 Å². The second kappa shape index (κ2) is 4.84. The Kier molecular flexibility index (Phi) is 3.61. The molecule has 1 aromatic carbocycles. The first-order valence-electron chi connectivity index (χ1n) is 5.06. The summed E-state index contributed by atoms with van der Waals surface area (Å²) in [6, 6.07) is 6.24. The lowest BCUT2D eigenvalue weighted by molar-refractivity contribution is 0.0572. The van der Waals surface area contributed by atoms with Crippen LogP contribution in [-0.2, 0) is 12.0 Å². The summed E-state index contributed by atoms with van der Waals surface area (Å²) in [5.74, 6) is -0.293. The van der Waals surface area contributed by atoms with Crippen molar-refractivity contribution < 1.29 is 9.50 Å². The van der Waals surface area contributed by atoms with Crippen LogP contribution in [0.3, 0.4) is 0 Å². The predicted octanol–water partition coefficient (Wildman–Crippen LogP) is 3.49. The maximum Gasteiger partial charge on any atom is 0.126 e. The Balaban J connectivity index is 2.22. The largest absolute Gasteiger partial charge is 0.383 e. The van der Waals surface area contributed by atoms with Crippen LogP contribution in [0.2, 0.25) is 0 Å². The lowest BCUT2D eigenvalue weighted by atomic mass is 9.97. The number of thiazole rings is 1. The van der Waals surface area contributed by atoms with E-state index in [0.717, 1.165) is 5.56 Å². The minimum absolute atomic E-state index is 0.293. The second-order valence-corrected chi connectivity index (χ2v) is 5.73. The van der Waals surface area contributed by atoms with E-state index in [-0.39, 0.29) is 5.82 Å². The van der Waals surface area contributed by atoms with Crippen LogP contribution in [-0.4, -0.2) is 10.1 Å². The summed E-state index contributed by atoms with van der Waals surface area (Å²) in [4.78, 5) is 4.19. The van der Waals surface area contributed by atoms with Crippen molar-refractivity contribution in [2.24, 2.45) is 0 Å². The normalized spacial score (nSPS) is 14.6. The summed E-state index contributed by atoms with van der Waals surface area (Å²) in [5.41, 5.74) is -0.328. The lowest BCUT2D eigenvalue weighted by Gasteiger charge is -2.20. The molecule has 0 saturated carbocycles. The Morgan fingerprint density at radius 1 is 1.53 bits per heavy atom. The smallest absolute Gasteiger partial charge is 0.126 e. The molecule has 1 heterocycles. The van der Waals surface area contributed by atoms with Gasteiger partial charge in [-0.3, -0.25) is 0 Å². The molecule has 1 unspecified atom stereocenters. The number of halogens is 2. The van der Waals surface area contributed by atoms with Gasteiger partial charge in [0.05, 0.1) is 0 Å². The molecule has 0 radical (unpaired) electrons. The molecule has 0 aliphatic carbocycles. The van der Waals surface area contributed by atoms with Crippen LogP contribution >= 0.6 is 27.3 Å². The van der Waals surface area contributed by atoms with Crippen molar-refractivity contribution in [1.82, 2.24) is 4.98 Å². The van der Waals surface area contributed by atoms with Gasteiger partial charge in [-0.05, 0) is 40.5 Å². The molecule has 17 heavy (non-hydrogen) atoms. The van der Waals surface area contributed by atoms with Gasteiger partial charge >= 0.3 is 0 Å². The Morgan fingerprint density at radius 3 is 2.88 bits per heavy atom. The van der Waals surface area contributed by atoms with Gasteiger partial charge in [0.1, 0.15) is 21.0 Å². The summed E-state index contributed by atoms with van der Waals surface area (Å²) < 4.78 is 13.8. The van der Waals surface area contributed by atoms with E-state index in [9.17, 15) is 9.50 Å². The zero-order valence-electron chi connectivity index (χ0n) is 9.15. The minimum Gasteiger partial charge on any atom is -0.383 e. The maximum absolute atomic E-state index is 13.0. The Bertz CT molecular complexity index is 527. The predicted molar refractivity (Wildman–Crippen MR) is 69.5 cm³/mol. The zero-order chi connectivity index (χ0) is 12.5. The zero-order valence-corrected chi connectivity index (χ0v) is 11.6. The number of benzene rings is 1. The average molecular weight is 316 g/mol. The Labute approximate surface area is 111 Å². The molecule has 0 fully saturated rings. The molecule has 1 N–H and O–H groups in total. The van der Waals surface area contributed by atoms with Gasteiger partial charge in [-0.2, -0.15) is 0 Å². The van der Waals surface area contributed by atoms with Gasteiger partial charge in [-0.15, -0.1) is 11.3 Å². The summed E-state index contributed by atoms with van der Waals surface area (Å²) in [6.07, 6.45) is 0.338. The molecular weight excluding hydrogens is 305 g/mol. The van der Waals surface area contributed by atoms with E-state index in [4.69, 9.17) is 0 Å². The lowest BCUT2D eigenvalue weighted by Crippen LogP contribution is -2.24. The molecule has 1 aromatic heterocycles. The molecule has 0 aliphatic heterocycles.